The van der Waals surface area contributed by atoms with E-state index in [1.165, 1.54) is 60.6 Å². The molecule has 0 radical (unpaired) electrons. The van der Waals surface area contributed by atoms with Crippen molar-refractivity contribution in [2.24, 2.45) is 56.2 Å². The van der Waals surface area contributed by atoms with Crippen LogP contribution in [0.5, 0.6) is 0 Å². The molecule has 0 amide bonds. The molecule has 5 aliphatic carbocycles. The second-order valence-corrected chi connectivity index (χ2v) is 37.7. The lowest BCUT2D eigenvalue weighted by molar-refractivity contribution is -0.396. The van der Waals surface area contributed by atoms with Crippen LogP contribution in [0.4, 0.5) is 0 Å². The predicted molar refractivity (Wildman–Crippen MR) is 447 cm³/mol. The standard InChI is InChI=1S/C92H132O40/c1-26-41(4)79(106)115-44(7)43(6)81(108)128-68-58(124-80(107)42(5)27-2)39-113-83(73(68)120-52(15)100)132-77-78(123-55(18)103)92(40-114-47(10)95)57(35-87(77,19)20)56-29-30-62-89(23)33-32-64(88(21,22)61(89)31-34-90(62,24)91(56,25)36-63(92)104)127-86-74(131-85-76(122-54(17)102)72(119-51(14)99)67(117-49(12)97)60(126-85)38-112-46(9)94)69(65(105)70(130-86)82(109)110-28-3)129-84-75(121-53(16)101)71(118-50(13)98)66(116-48(11)96)59(125-84)37-111-45(8)93/h26-27,29,43-44,57-78,83-86,104-105H,28,30-40H2,1-25H3/b41-26+,42-27+/t43?,44?,57-,58-,59+,60+,61-,62+,63+,64-,65-,66-,67-,68-,69-,70-,71-,72-,73+,74+,75+,76+,77-,78-,83-,84-,85-,86+,89-,90+,91+,92-/m0/s1. The maximum Gasteiger partial charge on any atom is 0.338 e. The normalized spacial score (nSPS) is 37.2. The molecule has 4 saturated heterocycles. The SMILES string of the molecule is C/C=C(\C)C(=O)OC(C)C(C)C(=O)O[C@@H]1[C@@H](OC(C)=O)[C@H](O[C@H]2[C@H](OC(C)=O)[C@]3(COC(C)=O)[C@H](O)C[C@]4(C)C(=CC[C@@H]5[C@@]6(C)CC[C@H](O[C@@H]7O[C@H](C(=O)OCC)[C@@H](O)[C@H](O[C@@H]8O[C@H](COC(C)=O)[C@H](OC(C)=O)[C@H](OC(C)=O)[C@H]8OC(C)=O)[C@H]7O[C@@H]7O[C@H](COC(C)=O)[C@H](OC(C)=O)[C@H](OC(C)=O)[C@H]7OC(C)=O)C(C)(C)[C@@H]6CC[C@]54C)[C@@H]3CC2(C)C)OC[C@@H]1OC(=O)/C(C)=C/C. The Kier molecular flexibility index (Phi) is 34.9. The first-order chi connectivity index (χ1) is 61.6. The van der Waals surface area contributed by atoms with Gasteiger partial charge in [0.1, 0.15) is 68.7 Å². The summed E-state index contributed by atoms with van der Waals surface area (Å²) in [6, 6.07) is 0. The first kappa shape index (κ1) is 107. The van der Waals surface area contributed by atoms with Crippen molar-refractivity contribution < 1.29 is 191 Å². The smallest absolute Gasteiger partial charge is 0.338 e. The van der Waals surface area contributed by atoms with E-state index in [4.69, 9.17) is 109 Å². The Hall–Kier alpha value is -9.13. The molecule has 9 aliphatic rings. The highest BCUT2D eigenvalue weighted by atomic mass is 16.8. The van der Waals surface area contributed by atoms with Gasteiger partial charge in [-0.15, -0.1) is 0 Å². The van der Waals surface area contributed by atoms with Crippen molar-refractivity contribution in [3.05, 3.63) is 34.9 Å². The van der Waals surface area contributed by atoms with Crippen LogP contribution < -0.4 is 0 Å². The van der Waals surface area contributed by atoms with Gasteiger partial charge in [-0.3, -0.25) is 57.5 Å². The first-order valence-corrected chi connectivity index (χ1v) is 44.7. The number of esters is 15. The molecular formula is C92H132O40. The lowest BCUT2D eigenvalue weighted by atomic mass is 9.33. The molecule has 740 valence electrons. The van der Waals surface area contributed by atoms with Gasteiger partial charge in [-0.1, -0.05) is 72.3 Å². The van der Waals surface area contributed by atoms with E-state index < -0.39 is 308 Å². The highest BCUT2D eigenvalue weighted by Gasteiger charge is 2.75. The molecule has 2 unspecified atom stereocenters. The second-order valence-electron chi connectivity index (χ2n) is 37.7. The zero-order valence-corrected chi connectivity index (χ0v) is 79.8. The van der Waals surface area contributed by atoms with Crippen LogP contribution in [0, 0.1) is 56.2 Å². The zero-order chi connectivity index (χ0) is 98.4. The van der Waals surface area contributed by atoms with Gasteiger partial charge in [0.25, 0.3) is 0 Å². The van der Waals surface area contributed by atoms with Gasteiger partial charge in [0.2, 0.25) is 0 Å². The third kappa shape index (κ3) is 23.0. The average molecular weight is 1880 g/mol. The van der Waals surface area contributed by atoms with E-state index >= 15 is 0 Å². The van der Waals surface area contributed by atoms with Gasteiger partial charge in [-0.25, -0.2) is 14.4 Å². The zero-order valence-electron chi connectivity index (χ0n) is 79.8. The molecule has 0 bridgehead atoms. The van der Waals surface area contributed by atoms with Crippen LogP contribution >= 0.6 is 0 Å². The molecule has 2 N–H and O–H groups in total. The third-order valence-electron chi connectivity index (χ3n) is 28.0. The van der Waals surface area contributed by atoms with Crippen molar-refractivity contribution in [2.45, 2.75) is 365 Å². The summed E-state index contributed by atoms with van der Waals surface area (Å²) in [6.45, 7) is 33.4. The van der Waals surface area contributed by atoms with Crippen LogP contribution in [0.1, 0.15) is 218 Å². The van der Waals surface area contributed by atoms with Crippen molar-refractivity contribution in [3.63, 3.8) is 0 Å². The minimum Gasteiger partial charge on any atom is -0.465 e. The number of carbonyl (C=O) groups is 15. The number of hydrogen-bond donors (Lipinski definition) is 2. The van der Waals surface area contributed by atoms with E-state index in [0.29, 0.717) is 25.7 Å². The first-order valence-electron chi connectivity index (χ1n) is 44.7. The third-order valence-corrected chi connectivity index (χ3v) is 28.0. The average Bonchev–Trinajstić information content (AvgIpc) is 0.664. The number of hydrogen-bond acceptors (Lipinski definition) is 40. The minimum atomic E-state index is -2.34. The van der Waals surface area contributed by atoms with Crippen LogP contribution in [0.3, 0.4) is 0 Å². The van der Waals surface area contributed by atoms with Crippen molar-refractivity contribution in [3.8, 4) is 0 Å². The number of aliphatic hydroxyl groups is 2. The maximum atomic E-state index is 14.7. The molecule has 8 fully saturated rings. The topological polar surface area (TPSA) is 509 Å². The van der Waals surface area contributed by atoms with Crippen molar-refractivity contribution in [2.75, 3.05) is 33.0 Å². The summed E-state index contributed by atoms with van der Waals surface area (Å²) in [5.74, 6) is -16.6. The molecule has 9 rings (SSSR count). The lowest BCUT2D eigenvalue weighted by Gasteiger charge is -2.72. The van der Waals surface area contributed by atoms with Gasteiger partial charge < -0.3 is 119 Å². The van der Waals surface area contributed by atoms with Crippen LogP contribution in [0.2, 0.25) is 0 Å². The summed E-state index contributed by atoms with van der Waals surface area (Å²) in [5, 5.41) is 26.9. The molecule has 0 aromatic rings. The maximum absolute atomic E-state index is 14.7. The number of carbonyl (C=O) groups excluding carboxylic acids is 15. The van der Waals surface area contributed by atoms with Crippen LogP contribution in [-0.4, -0.2) is 280 Å². The molecule has 0 aromatic carbocycles. The summed E-state index contributed by atoms with van der Waals surface area (Å²) in [6.07, 6.45) is -35.7. The Bertz CT molecular complexity index is 4370. The van der Waals surface area contributed by atoms with Crippen molar-refractivity contribution >= 4 is 89.5 Å². The fraction of sp³-hybridized carbons (Fsp3) is 0.772. The Morgan fingerprint density at radius 3 is 1.42 bits per heavy atom. The van der Waals surface area contributed by atoms with Crippen LogP contribution in [0.25, 0.3) is 0 Å². The fourth-order valence-corrected chi connectivity index (χ4v) is 21.4. The summed E-state index contributed by atoms with van der Waals surface area (Å²) < 4.78 is 142. The minimum absolute atomic E-state index is 0.0223. The lowest BCUT2D eigenvalue weighted by Crippen LogP contribution is -2.73. The number of allylic oxidation sites excluding steroid dienone is 4. The molecule has 40 nitrogen and oxygen atoms in total. The molecule has 4 heterocycles. The van der Waals surface area contributed by atoms with Gasteiger partial charge in [0.15, 0.2) is 86.2 Å². The quantitative estimate of drug-likeness (QED) is 0.0248. The van der Waals surface area contributed by atoms with E-state index in [-0.39, 0.29) is 48.9 Å². The van der Waals surface area contributed by atoms with Crippen molar-refractivity contribution in [1.29, 1.82) is 0 Å². The van der Waals surface area contributed by atoms with Crippen LogP contribution in [0.15, 0.2) is 34.9 Å². The predicted octanol–water partition coefficient (Wildman–Crippen LogP) is 6.44. The Morgan fingerprint density at radius 1 is 0.470 bits per heavy atom. The number of fused-ring (bicyclic) bond motifs is 7. The molecule has 4 aliphatic heterocycles. The molecule has 0 spiro atoms. The highest BCUT2D eigenvalue weighted by Crippen LogP contribution is 2.76. The van der Waals surface area contributed by atoms with Gasteiger partial charge in [-0.05, 0) is 138 Å². The van der Waals surface area contributed by atoms with E-state index in [1.54, 1.807) is 13.8 Å². The number of aliphatic hydroxyl groups excluding tert-OH is 2. The Labute approximate surface area is 766 Å². The summed E-state index contributed by atoms with van der Waals surface area (Å²) in [4.78, 5) is 201. The molecule has 32 atom stereocenters. The monoisotopic (exact) mass is 1880 g/mol. The van der Waals surface area contributed by atoms with Gasteiger partial charge in [0, 0.05) is 87.3 Å². The molecule has 4 saturated carbocycles. The molecule has 132 heavy (non-hydrogen) atoms. The van der Waals surface area contributed by atoms with Crippen molar-refractivity contribution in [1.82, 2.24) is 0 Å². The Morgan fingerprint density at radius 2 is 0.939 bits per heavy atom. The Balaban J connectivity index is 1.14. The molecular weight excluding hydrogens is 1740 g/mol. The highest BCUT2D eigenvalue weighted by molar-refractivity contribution is 5.88. The largest absolute Gasteiger partial charge is 0.465 e. The molecule has 40 heteroatoms. The number of ether oxygens (including phenoxy) is 23. The van der Waals surface area contributed by atoms with Gasteiger partial charge in [-0.2, -0.15) is 0 Å². The second kappa shape index (κ2) is 43.3. The van der Waals surface area contributed by atoms with E-state index in [1.807, 2.05) is 27.7 Å². The summed E-state index contributed by atoms with van der Waals surface area (Å²) >= 11 is 0. The summed E-state index contributed by atoms with van der Waals surface area (Å²) in [7, 11) is 0. The van der Waals surface area contributed by atoms with E-state index in [0.717, 1.165) is 67.9 Å². The van der Waals surface area contributed by atoms with Gasteiger partial charge >= 0.3 is 89.5 Å². The molecule has 0 aromatic heterocycles. The number of rotatable bonds is 31. The van der Waals surface area contributed by atoms with Gasteiger partial charge in [0.05, 0.1) is 36.8 Å². The fourth-order valence-electron chi connectivity index (χ4n) is 21.4. The van der Waals surface area contributed by atoms with E-state index in [9.17, 15) is 82.1 Å². The van der Waals surface area contributed by atoms with Crippen LogP contribution in [-0.2, 0) is 181 Å². The summed E-state index contributed by atoms with van der Waals surface area (Å²) in [5.41, 5.74) is -4.91. The van der Waals surface area contributed by atoms with E-state index in [2.05, 4.69) is 26.8 Å².